The fourth-order valence-electron chi connectivity index (χ4n) is 1.18. The number of hydrogen-bond donors (Lipinski definition) is 1. The molecule has 0 fully saturated rings. The van der Waals surface area contributed by atoms with E-state index in [0.29, 0.717) is 0 Å². The van der Waals surface area contributed by atoms with E-state index in [2.05, 4.69) is 5.73 Å². The van der Waals surface area contributed by atoms with Gasteiger partial charge in [-0.1, -0.05) is 18.2 Å². The Bertz CT molecular complexity index is 291. The highest BCUT2D eigenvalue weighted by Gasteiger charge is 2.34. The molecule has 4 heteroatoms. The number of benzene rings is 1. The maximum Gasteiger partial charge on any atom is 0.416 e. The topological polar surface area (TPSA) is 27.6 Å². The van der Waals surface area contributed by atoms with Crippen LogP contribution in [-0.2, 0) is 6.18 Å². The first-order valence-electron chi connectivity index (χ1n) is 3.92. The molecule has 0 saturated carbocycles. The van der Waals surface area contributed by atoms with Gasteiger partial charge in [-0.05, 0) is 13.0 Å². The molecule has 0 bridgehead atoms. The van der Waals surface area contributed by atoms with Crippen molar-refractivity contribution < 1.29 is 18.9 Å². The fraction of sp³-hybridized carbons (Fsp3) is 0.333. The molecule has 0 aliphatic carbocycles. The molecule has 0 radical (unpaired) electrons. The summed E-state index contributed by atoms with van der Waals surface area (Å²) in [6.45, 7) is 1.64. The Morgan fingerprint density at radius 3 is 2.15 bits per heavy atom. The summed E-state index contributed by atoms with van der Waals surface area (Å²) < 4.78 is 37.1. The van der Waals surface area contributed by atoms with Crippen molar-refractivity contribution in [3.63, 3.8) is 0 Å². The van der Waals surface area contributed by atoms with E-state index in [1.807, 2.05) is 0 Å². The second-order valence-corrected chi connectivity index (χ2v) is 2.99. The Balaban J connectivity index is 3.20. The molecule has 0 aliphatic heterocycles. The van der Waals surface area contributed by atoms with Gasteiger partial charge in [0, 0.05) is 5.56 Å². The van der Waals surface area contributed by atoms with Gasteiger partial charge in [0.1, 0.15) is 6.04 Å². The third-order valence-corrected chi connectivity index (χ3v) is 1.80. The molecule has 0 aliphatic rings. The van der Waals surface area contributed by atoms with Gasteiger partial charge in [-0.3, -0.25) is 0 Å². The second-order valence-electron chi connectivity index (χ2n) is 2.99. The van der Waals surface area contributed by atoms with Crippen LogP contribution >= 0.6 is 0 Å². The quantitative estimate of drug-likeness (QED) is 0.701. The summed E-state index contributed by atoms with van der Waals surface area (Å²) in [6, 6.07) is 5.16. The smallest absolute Gasteiger partial charge is 0.352 e. The first-order chi connectivity index (χ1) is 5.93. The minimum atomic E-state index is -4.28. The Kier molecular flexibility index (Phi) is 2.61. The summed E-state index contributed by atoms with van der Waals surface area (Å²) in [5, 5.41) is 0. The monoisotopic (exact) mass is 190 g/mol. The van der Waals surface area contributed by atoms with Gasteiger partial charge in [0.05, 0.1) is 5.56 Å². The van der Waals surface area contributed by atoms with Gasteiger partial charge in [-0.15, -0.1) is 0 Å². The molecule has 0 saturated heterocycles. The molecule has 0 unspecified atom stereocenters. The largest absolute Gasteiger partial charge is 0.416 e. The van der Waals surface area contributed by atoms with Crippen LogP contribution in [0.4, 0.5) is 13.2 Å². The molecule has 0 aromatic heterocycles. The van der Waals surface area contributed by atoms with Crippen molar-refractivity contribution in [2.75, 3.05) is 0 Å². The standard InChI is InChI=1S/C9H10F3N/c1-6(13)7-4-2-3-5-8(7)9(10,11)12/h2-6H,13H2,1H3/p+1/t6-/m1/s1. The minimum Gasteiger partial charge on any atom is -0.352 e. The van der Waals surface area contributed by atoms with Crippen LogP contribution in [0, 0.1) is 0 Å². The zero-order valence-electron chi connectivity index (χ0n) is 7.23. The van der Waals surface area contributed by atoms with Crippen LogP contribution in [-0.4, -0.2) is 0 Å². The maximum atomic E-state index is 12.4. The summed E-state index contributed by atoms with van der Waals surface area (Å²) in [5.41, 5.74) is 3.24. The Hall–Kier alpha value is -1.03. The van der Waals surface area contributed by atoms with Crippen LogP contribution in [0.1, 0.15) is 24.1 Å². The first kappa shape index (κ1) is 10.1. The van der Waals surface area contributed by atoms with Crippen molar-refractivity contribution in [1.82, 2.24) is 0 Å². The lowest BCUT2D eigenvalue weighted by molar-refractivity contribution is -0.421. The Morgan fingerprint density at radius 2 is 1.77 bits per heavy atom. The van der Waals surface area contributed by atoms with Crippen LogP contribution < -0.4 is 5.73 Å². The van der Waals surface area contributed by atoms with Crippen LogP contribution in [0.15, 0.2) is 24.3 Å². The third kappa shape index (κ3) is 2.21. The maximum absolute atomic E-state index is 12.4. The molecule has 0 heterocycles. The first-order valence-corrected chi connectivity index (χ1v) is 3.92. The van der Waals surface area contributed by atoms with Gasteiger partial charge in [0.2, 0.25) is 0 Å². The van der Waals surface area contributed by atoms with Gasteiger partial charge < -0.3 is 5.73 Å². The van der Waals surface area contributed by atoms with Crippen molar-refractivity contribution in [3.8, 4) is 0 Å². The van der Waals surface area contributed by atoms with Crippen molar-refractivity contribution in [2.45, 2.75) is 19.1 Å². The fourth-order valence-corrected chi connectivity index (χ4v) is 1.18. The van der Waals surface area contributed by atoms with E-state index >= 15 is 0 Å². The minimum absolute atomic E-state index is 0.245. The van der Waals surface area contributed by atoms with Crippen molar-refractivity contribution in [1.29, 1.82) is 0 Å². The summed E-state index contributed by atoms with van der Waals surface area (Å²) in [6.07, 6.45) is -4.28. The summed E-state index contributed by atoms with van der Waals surface area (Å²) in [4.78, 5) is 0. The summed E-state index contributed by atoms with van der Waals surface area (Å²) in [5.74, 6) is 0. The molecule has 1 nitrogen and oxygen atoms in total. The molecule has 0 spiro atoms. The average Bonchev–Trinajstić information content (AvgIpc) is 2.03. The molecule has 3 N–H and O–H groups in total. The predicted octanol–water partition coefficient (Wildman–Crippen LogP) is 2.01. The Labute approximate surface area is 74.4 Å². The van der Waals surface area contributed by atoms with Gasteiger partial charge >= 0.3 is 6.18 Å². The number of halogens is 3. The molecule has 72 valence electrons. The Morgan fingerprint density at radius 1 is 1.23 bits per heavy atom. The molecule has 1 rings (SSSR count). The van der Waals surface area contributed by atoms with Crippen LogP contribution in [0.5, 0.6) is 0 Å². The lowest BCUT2D eigenvalue weighted by Crippen LogP contribution is -2.52. The van der Waals surface area contributed by atoms with Gasteiger partial charge in [-0.2, -0.15) is 13.2 Å². The predicted molar refractivity (Wildman–Crippen MR) is 42.7 cm³/mol. The third-order valence-electron chi connectivity index (χ3n) is 1.80. The van der Waals surface area contributed by atoms with E-state index in [9.17, 15) is 13.2 Å². The van der Waals surface area contributed by atoms with E-state index in [4.69, 9.17) is 0 Å². The summed E-state index contributed by atoms with van der Waals surface area (Å²) in [7, 11) is 0. The second kappa shape index (κ2) is 3.38. The molecule has 1 atom stereocenters. The van der Waals surface area contributed by atoms with Crippen LogP contribution in [0.2, 0.25) is 0 Å². The number of hydrogen-bond acceptors (Lipinski definition) is 0. The van der Waals surface area contributed by atoms with Gasteiger partial charge in [-0.25, -0.2) is 0 Å². The van der Waals surface area contributed by atoms with E-state index < -0.39 is 11.7 Å². The molecule has 1 aromatic rings. The van der Waals surface area contributed by atoms with Crippen LogP contribution in [0.3, 0.4) is 0 Å². The van der Waals surface area contributed by atoms with Crippen LogP contribution in [0.25, 0.3) is 0 Å². The molecular formula is C9H11F3N+. The van der Waals surface area contributed by atoms with E-state index in [0.717, 1.165) is 6.07 Å². The highest BCUT2D eigenvalue weighted by molar-refractivity contribution is 5.30. The molecule has 0 amide bonds. The van der Waals surface area contributed by atoms with E-state index in [-0.39, 0.29) is 11.6 Å². The molecule has 1 aromatic carbocycles. The van der Waals surface area contributed by atoms with E-state index in [1.165, 1.54) is 12.1 Å². The lowest BCUT2D eigenvalue weighted by Gasteiger charge is -2.12. The molecular weight excluding hydrogens is 179 g/mol. The summed E-state index contributed by atoms with van der Waals surface area (Å²) >= 11 is 0. The highest BCUT2D eigenvalue weighted by Crippen LogP contribution is 2.33. The number of rotatable bonds is 1. The van der Waals surface area contributed by atoms with Crippen molar-refractivity contribution in [2.24, 2.45) is 0 Å². The number of quaternary nitrogens is 1. The zero-order valence-corrected chi connectivity index (χ0v) is 7.23. The van der Waals surface area contributed by atoms with E-state index in [1.54, 1.807) is 13.0 Å². The lowest BCUT2D eigenvalue weighted by atomic mass is 10.0. The number of alkyl halides is 3. The van der Waals surface area contributed by atoms with Gasteiger partial charge in [0.15, 0.2) is 0 Å². The van der Waals surface area contributed by atoms with Crippen molar-refractivity contribution >= 4 is 0 Å². The molecule has 13 heavy (non-hydrogen) atoms. The normalized spacial score (nSPS) is 14.2. The highest BCUT2D eigenvalue weighted by atomic mass is 19.4. The SMILES string of the molecule is C[C@@H]([NH3+])c1ccccc1C(F)(F)F. The average molecular weight is 190 g/mol. The van der Waals surface area contributed by atoms with Gasteiger partial charge in [0.25, 0.3) is 0 Å². The van der Waals surface area contributed by atoms with Crippen molar-refractivity contribution in [3.05, 3.63) is 35.4 Å². The zero-order chi connectivity index (χ0) is 10.1.